The average Bonchev–Trinajstić information content (AvgIpc) is 3.74. The first-order valence-electron chi connectivity index (χ1n) is 17.0. The van der Waals surface area contributed by atoms with Gasteiger partial charge in [-0.2, -0.15) is 12.7 Å². The summed E-state index contributed by atoms with van der Waals surface area (Å²) in [6.07, 6.45) is 8.88. The van der Waals surface area contributed by atoms with Crippen LogP contribution in [0, 0.1) is 0 Å². The second-order valence-corrected chi connectivity index (χ2v) is 15.2. The topological polar surface area (TPSA) is 134 Å². The van der Waals surface area contributed by atoms with Crippen molar-refractivity contribution in [1.82, 2.24) is 23.4 Å². The molecule has 4 heterocycles. The van der Waals surface area contributed by atoms with E-state index in [1.165, 1.54) is 32.3 Å². The Morgan fingerprint density at radius 1 is 0.920 bits per heavy atom. The van der Waals surface area contributed by atoms with E-state index in [1.807, 2.05) is 30.3 Å². The molecule has 3 amide bonds. The fourth-order valence-corrected chi connectivity index (χ4v) is 7.99. The fourth-order valence-electron chi connectivity index (χ4n) is 7.45. The lowest BCUT2D eigenvalue weighted by Crippen LogP contribution is -2.51. The summed E-state index contributed by atoms with van der Waals surface area (Å²) < 4.78 is 41.2. The Balaban J connectivity index is 1.31. The largest absolute Gasteiger partial charge is 0.497 e. The predicted molar refractivity (Wildman–Crippen MR) is 189 cm³/mol. The molecule has 2 aromatic heterocycles. The summed E-state index contributed by atoms with van der Waals surface area (Å²) in [6, 6.07) is 14.6. The Hall–Kier alpha value is -4.88. The number of fused-ring (bicyclic) bond motifs is 5. The van der Waals surface area contributed by atoms with Crippen LogP contribution in [0.3, 0.4) is 0 Å². The molecule has 0 radical (unpaired) electrons. The van der Waals surface area contributed by atoms with E-state index in [2.05, 4.69) is 9.29 Å². The quantitative estimate of drug-likeness (QED) is 0.291. The van der Waals surface area contributed by atoms with Crippen LogP contribution < -0.4 is 9.46 Å². The Kier molecular flexibility index (Phi) is 9.04. The average molecular weight is 700 g/mol. The molecular formula is C37H41N5O7S. The van der Waals surface area contributed by atoms with Gasteiger partial charge in [-0.15, -0.1) is 0 Å². The van der Waals surface area contributed by atoms with Gasteiger partial charge >= 0.3 is 10.2 Å². The first kappa shape index (κ1) is 33.6. The number of benzene rings is 2. The third-order valence-electron chi connectivity index (χ3n) is 10.1. The molecule has 262 valence electrons. The van der Waals surface area contributed by atoms with E-state index in [-0.39, 0.29) is 35.6 Å². The number of aromatic nitrogens is 1. The van der Waals surface area contributed by atoms with Gasteiger partial charge in [-0.25, -0.2) is 4.72 Å². The summed E-state index contributed by atoms with van der Waals surface area (Å²) in [7, 11) is 0.322. The highest BCUT2D eigenvalue weighted by atomic mass is 32.2. The molecule has 1 N–H and O–H groups in total. The number of nitrogens with zero attached hydrogens (tertiary/aromatic N) is 4. The van der Waals surface area contributed by atoms with E-state index in [1.54, 1.807) is 41.2 Å². The number of ether oxygens (including phenoxy) is 1. The Morgan fingerprint density at radius 3 is 2.30 bits per heavy atom. The lowest BCUT2D eigenvalue weighted by Gasteiger charge is -2.34. The smallest absolute Gasteiger partial charge is 0.303 e. The summed E-state index contributed by atoms with van der Waals surface area (Å²) in [6.45, 7) is 1.72. The van der Waals surface area contributed by atoms with Gasteiger partial charge in [0.05, 0.1) is 25.6 Å². The van der Waals surface area contributed by atoms with Crippen LogP contribution in [0.1, 0.15) is 70.1 Å². The SMILES string of the molecule is COc1ccc2c(c1)C=C(C(=O)N1CCN(C(=O)c3ccco3)CC1)Cn1c-2c(C2CCCCC2)c2ccc(C(=O)NS(=O)(=O)N(C)C)cc21. The van der Waals surface area contributed by atoms with Gasteiger partial charge in [0.15, 0.2) is 5.76 Å². The maximum atomic E-state index is 14.4. The monoisotopic (exact) mass is 699 g/mol. The highest BCUT2D eigenvalue weighted by Crippen LogP contribution is 2.47. The number of hydrogen-bond acceptors (Lipinski definition) is 7. The number of nitrogens with one attached hydrogen (secondary N) is 1. The molecule has 0 spiro atoms. The molecule has 2 aromatic carbocycles. The van der Waals surface area contributed by atoms with Crippen molar-refractivity contribution >= 4 is 44.9 Å². The number of furan rings is 1. The second kappa shape index (κ2) is 13.4. The molecule has 3 aliphatic rings. The van der Waals surface area contributed by atoms with Crippen molar-refractivity contribution < 1.29 is 32.0 Å². The summed E-state index contributed by atoms with van der Waals surface area (Å²) >= 11 is 0. The fraction of sp³-hybridized carbons (Fsp3) is 0.378. The van der Waals surface area contributed by atoms with E-state index in [9.17, 15) is 22.8 Å². The van der Waals surface area contributed by atoms with Crippen LogP contribution in [0.15, 0.2) is 64.8 Å². The van der Waals surface area contributed by atoms with Gasteiger partial charge in [0, 0.05) is 67.9 Å². The third-order valence-corrected chi connectivity index (χ3v) is 11.5. The normalized spacial score (nSPS) is 16.8. The van der Waals surface area contributed by atoms with E-state index in [0.717, 1.165) is 57.7 Å². The van der Waals surface area contributed by atoms with Crippen LogP contribution in [0.5, 0.6) is 5.75 Å². The Morgan fingerprint density at radius 2 is 1.64 bits per heavy atom. The zero-order valence-electron chi connectivity index (χ0n) is 28.5. The molecule has 13 heteroatoms. The lowest BCUT2D eigenvalue weighted by atomic mass is 9.81. The molecule has 1 aliphatic carbocycles. The van der Waals surface area contributed by atoms with Gasteiger partial charge in [-0.1, -0.05) is 25.3 Å². The number of amides is 3. The zero-order chi connectivity index (χ0) is 35.2. The number of methoxy groups -OCH3 is 1. The van der Waals surface area contributed by atoms with Gasteiger partial charge in [-0.3, -0.25) is 14.4 Å². The van der Waals surface area contributed by atoms with Crippen LogP contribution in [-0.2, 0) is 21.5 Å². The second-order valence-electron chi connectivity index (χ2n) is 13.3. The van der Waals surface area contributed by atoms with Gasteiger partial charge in [0.2, 0.25) is 0 Å². The molecule has 50 heavy (non-hydrogen) atoms. The summed E-state index contributed by atoms with van der Waals surface area (Å²) in [5.41, 5.74) is 5.51. The lowest BCUT2D eigenvalue weighted by molar-refractivity contribution is -0.128. The maximum absolute atomic E-state index is 14.4. The third kappa shape index (κ3) is 6.20. The van der Waals surface area contributed by atoms with E-state index in [4.69, 9.17) is 9.15 Å². The number of carbonyl (C=O) groups is 3. The molecule has 0 atom stereocenters. The standard InChI is InChI=1S/C37H41N5O7S/c1-39(2)50(46,47)38-35(43)25-11-13-30-31(22-25)42-23-27(36(44)40-15-17-41(18-16-40)37(45)32-10-7-19-49-32)20-26-21-28(48-3)12-14-29(26)34(42)33(30)24-8-5-4-6-9-24/h7,10-14,19-22,24H,4-6,8-9,15-18,23H2,1-3H3,(H,38,43). The van der Waals surface area contributed by atoms with E-state index in [0.29, 0.717) is 37.5 Å². The minimum absolute atomic E-state index is 0.135. The van der Waals surface area contributed by atoms with Crippen molar-refractivity contribution in [3.8, 4) is 17.0 Å². The molecule has 12 nitrogen and oxygen atoms in total. The van der Waals surface area contributed by atoms with Gasteiger partial charge in [0.1, 0.15) is 5.75 Å². The highest BCUT2D eigenvalue weighted by Gasteiger charge is 2.33. The number of hydrogen-bond donors (Lipinski definition) is 1. The van der Waals surface area contributed by atoms with Gasteiger partial charge in [0.25, 0.3) is 17.7 Å². The van der Waals surface area contributed by atoms with Crippen molar-refractivity contribution in [3.05, 3.63) is 82.8 Å². The summed E-state index contributed by atoms with van der Waals surface area (Å²) in [5, 5.41) is 0.986. The van der Waals surface area contributed by atoms with Crippen LogP contribution in [0.4, 0.5) is 0 Å². The van der Waals surface area contributed by atoms with Crippen molar-refractivity contribution in [3.63, 3.8) is 0 Å². The van der Waals surface area contributed by atoms with Crippen LogP contribution in [0.2, 0.25) is 0 Å². The number of rotatable bonds is 7. The van der Waals surface area contributed by atoms with Crippen molar-refractivity contribution in [2.75, 3.05) is 47.4 Å². The molecule has 1 saturated carbocycles. The molecule has 4 aromatic rings. The molecule has 2 aliphatic heterocycles. The van der Waals surface area contributed by atoms with E-state index < -0.39 is 16.1 Å². The summed E-state index contributed by atoms with van der Waals surface area (Å²) in [4.78, 5) is 44.1. The number of piperazine rings is 1. The molecule has 1 saturated heterocycles. The summed E-state index contributed by atoms with van der Waals surface area (Å²) in [5.74, 6) is 0.153. The van der Waals surface area contributed by atoms with E-state index >= 15 is 0 Å². The van der Waals surface area contributed by atoms with Crippen LogP contribution in [-0.4, -0.2) is 92.2 Å². The molecule has 0 unspecified atom stereocenters. The van der Waals surface area contributed by atoms with Crippen molar-refractivity contribution in [2.45, 2.75) is 44.6 Å². The minimum Gasteiger partial charge on any atom is -0.497 e. The van der Waals surface area contributed by atoms with Crippen LogP contribution >= 0.6 is 0 Å². The molecule has 2 fully saturated rings. The predicted octanol–water partition coefficient (Wildman–Crippen LogP) is 4.88. The molecular weight excluding hydrogens is 659 g/mol. The molecule has 0 bridgehead atoms. The first-order chi connectivity index (χ1) is 24.1. The molecule has 7 rings (SSSR count). The zero-order valence-corrected chi connectivity index (χ0v) is 29.3. The number of carbonyl (C=O) groups excluding carboxylic acids is 3. The van der Waals surface area contributed by atoms with Crippen LogP contribution in [0.25, 0.3) is 28.2 Å². The maximum Gasteiger partial charge on any atom is 0.303 e. The Labute approximate surface area is 291 Å². The van der Waals surface area contributed by atoms with Crippen molar-refractivity contribution in [1.29, 1.82) is 0 Å². The van der Waals surface area contributed by atoms with Gasteiger partial charge < -0.3 is 23.5 Å². The first-order valence-corrected chi connectivity index (χ1v) is 18.4. The minimum atomic E-state index is -4.01. The van der Waals surface area contributed by atoms with Crippen molar-refractivity contribution in [2.24, 2.45) is 0 Å². The Bertz CT molecular complexity index is 2100. The van der Waals surface area contributed by atoms with Gasteiger partial charge in [-0.05, 0) is 78.4 Å². The highest BCUT2D eigenvalue weighted by molar-refractivity contribution is 7.87.